The molecule has 2 saturated carbocycles. The predicted octanol–water partition coefficient (Wildman–Crippen LogP) is 7.32. The van der Waals surface area contributed by atoms with Gasteiger partial charge >= 0.3 is 0 Å². The highest BCUT2D eigenvalue weighted by Crippen LogP contribution is 2.44. The van der Waals surface area contributed by atoms with E-state index in [1.165, 1.54) is 69.4 Å². The number of nitriles is 1. The Morgan fingerprint density at radius 2 is 1.52 bits per heavy atom. The van der Waals surface area contributed by atoms with Crippen LogP contribution in [0.4, 0.5) is 4.39 Å². The van der Waals surface area contributed by atoms with Gasteiger partial charge in [-0.3, -0.25) is 0 Å². The average Bonchev–Trinajstić information content (AvgIpc) is 2.72. The van der Waals surface area contributed by atoms with Crippen molar-refractivity contribution in [2.75, 3.05) is 0 Å². The molecule has 144 valence electrons. The highest BCUT2D eigenvalue weighted by atomic mass is 19.1. The van der Waals surface area contributed by atoms with E-state index in [4.69, 9.17) is 5.26 Å². The van der Waals surface area contributed by atoms with E-state index < -0.39 is 0 Å². The van der Waals surface area contributed by atoms with Crippen LogP contribution in [0.2, 0.25) is 0 Å². The number of halogens is 1. The van der Waals surface area contributed by atoms with Gasteiger partial charge in [0.15, 0.2) is 0 Å². The van der Waals surface area contributed by atoms with Crippen molar-refractivity contribution in [2.45, 2.75) is 70.1 Å². The summed E-state index contributed by atoms with van der Waals surface area (Å²) in [6.07, 6.45) is 20.8. The smallest absolute Gasteiger partial charge is 0.123 e. The van der Waals surface area contributed by atoms with E-state index in [1.807, 2.05) is 30.4 Å². The maximum Gasteiger partial charge on any atom is 0.123 e. The van der Waals surface area contributed by atoms with E-state index in [2.05, 4.69) is 6.08 Å². The lowest BCUT2D eigenvalue weighted by molar-refractivity contribution is 0.157. The molecule has 0 aromatic heterocycles. The Morgan fingerprint density at radius 3 is 2.15 bits per heavy atom. The molecule has 0 amide bonds. The Kier molecular flexibility index (Phi) is 7.69. The maximum absolute atomic E-state index is 13.1. The number of rotatable bonds is 6. The zero-order valence-electron chi connectivity index (χ0n) is 16.3. The monoisotopic (exact) mass is 365 g/mol. The van der Waals surface area contributed by atoms with Crippen LogP contribution in [0.25, 0.3) is 0 Å². The van der Waals surface area contributed by atoms with E-state index in [1.54, 1.807) is 12.1 Å². The summed E-state index contributed by atoms with van der Waals surface area (Å²) in [5, 5.41) is 8.46. The molecule has 2 aliphatic carbocycles. The van der Waals surface area contributed by atoms with E-state index in [0.29, 0.717) is 5.92 Å². The summed E-state index contributed by atoms with van der Waals surface area (Å²) < 4.78 is 13.1. The summed E-state index contributed by atoms with van der Waals surface area (Å²) in [7, 11) is 0. The second-order valence-electron chi connectivity index (χ2n) is 8.44. The fourth-order valence-electron chi connectivity index (χ4n) is 5.21. The Hall–Kier alpha value is -1.88. The zero-order chi connectivity index (χ0) is 18.9. The van der Waals surface area contributed by atoms with Crippen LogP contribution in [0.3, 0.4) is 0 Å². The van der Waals surface area contributed by atoms with Gasteiger partial charge < -0.3 is 0 Å². The lowest BCUT2D eigenvalue weighted by Crippen LogP contribution is -2.25. The van der Waals surface area contributed by atoms with Crippen molar-refractivity contribution in [3.05, 3.63) is 60.0 Å². The molecule has 0 atom stereocenters. The van der Waals surface area contributed by atoms with Crippen molar-refractivity contribution in [3.8, 4) is 6.07 Å². The molecule has 0 spiro atoms. The summed E-state index contributed by atoms with van der Waals surface area (Å²) in [5.41, 5.74) is 1.33. The fraction of sp³-hybridized carbons (Fsp3) is 0.560. The normalized spacial score (nSPS) is 29.2. The standard InChI is InChI=1S/C25H32FN/c26-25-17-15-24(16-18-25)23-13-11-22(12-14-23)21-9-7-20(8-10-21)6-4-2-1-3-5-19-27/h1-3,5,15-18,20-23H,4,6-14H2/b2-1+,5-3+/t20?,21?,22-,23-. The first-order valence-electron chi connectivity index (χ1n) is 10.7. The molecule has 2 aliphatic rings. The summed E-state index contributed by atoms with van der Waals surface area (Å²) in [6.45, 7) is 0. The van der Waals surface area contributed by atoms with E-state index >= 15 is 0 Å². The Bertz CT molecular complexity index is 651. The van der Waals surface area contributed by atoms with Crippen LogP contribution < -0.4 is 0 Å². The van der Waals surface area contributed by atoms with Crippen LogP contribution in [0.15, 0.2) is 48.6 Å². The first-order chi connectivity index (χ1) is 13.3. The Morgan fingerprint density at radius 1 is 0.889 bits per heavy atom. The first-order valence-corrected chi connectivity index (χ1v) is 10.7. The first kappa shape index (κ1) is 19.9. The van der Waals surface area contributed by atoms with Crippen molar-refractivity contribution >= 4 is 0 Å². The maximum atomic E-state index is 13.1. The van der Waals surface area contributed by atoms with Gasteiger partial charge in [-0.2, -0.15) is 5.26 Å². The topological polar surface area (TPSA) is 23.8 Å². The summed E-state index contributed by atoms with van der Waals surface area (Å²) >= 11 is 0. The van der Waals surface area contributed by atoms with Crippen LogP contribution in [-0.4, -0.2) is 0 Å². The van der Waals surface area contributed by atoms with E-state index in [9.17, 15) is 4.39 Å². The minimum absolute atomic E-state index is 0.127. The van der Waals surface area contributed by atoms with Gasteiger partial charge in [0.25, 0.3) is 0 Å². The minimum atomic E-state index is -0.127. The molecule has 0 bridgehead atoms. The third-order valence-corrected chi connectivity index (χ3v) is 6.83. The van der Waals surface area contributed by atoms with Crippen LogP contribution in [0, 0.1) is 34.9 Å². The van der Waals surface area contributed by atoms with Crippen molar-refractivity contribution in [1.82, 2.24) is 0 Å². The van der Waals surface area contributed by atoms with Gasteiger partial charge in [-0.05, 0) is 92.7 Å². The van der Waals surface area contributed by atoms with E-state index in [-0.39, 0.29) is 5.82 Å². The molecule has 0 aliphatic heterocycles. The molecule has 1 aromatic carbocycles. The lowest BCUT2D eigenvalue weighted by atomic mass is 9.68. The SMILES string of the molecule is N#C/C=C/C=C/CCC1CCC([C@H]2CC[C@H](c3ccc(F)cc3)CC2)CC1. The predicted molar refractivity (Wildman–Crippen MR) is 110 cm³/mol. The molecule has 0 saturated heterocycles. The lowest BCUT2D eigenvalue weighted by Gasteiger charge is -2.38. The Labute approximate surface area is 164 Å². The second kappa shape index (κ2) is 10.5. The molecule has 3 rings (SSSR count). The molecule has 0 radical (unpaired) electrons. The summed E-state index contributed by atoms with van der Waals surface area (Å²) in [5.74, 6) is 3.25. The highest BCUT2D eigenvalue weighted by molar-refractivity contribution is 5.21. The third-order valence-electron chi connectivity index (χ3n) is 6.83. The molecular formula is C25H32FN. The number of allylic oxidation sites excluding steroid dienone is 4. The quantitative estimate of drug-likeness (QED) is 0.382. The van der Waals surface area contributed by atoms with Crippen LogP contribution >= 0.6 is 0 Å². The van der Waals surface area contributed by atoms with Gasteiger partial charge in [-0.25, -0.2) is 4.39 Å². The Balaban J connectivity index is 1.36. The third kappa shape index (κ3) is 6.06. The molecular weight excluding hydrogens is 333 g/mol. The molecule has 0 heterocycles. The van der Waals surface area contributed by atoms with Gasteiger partial charge in [-0.15, -0.1) is 0 Å². The molecule has 27 heavy (non-hydrogen) atoms. The molecule has 2 fully saturated rings. The average molecular weight is 366 g/mol. The van der Waals surface area contributed by atoms with Crippen molar-refractivity contribution in [2.24, 2.45) is 17.8 Å². The molecule has 0 N–H and O–H groups in total. The minimum Gasteiger partial charge on any atom is -0.207 e. The van der Waals surface area contributed by atoms with Gasteiger partial charge in [0.05, 0.1) is 6.07 Å². The molecule has 1 aromatic rings. The number of benzene rings is 1. The van der Waals surface area contributed by atoms with Crippen LogP contribution in [0.1, 0.15) is 75.7 Å². The van der Waals surface area contributed by atoms with Gasteiger partial charge in [0, 0.05) is 6.08 Å². The number of nitrogens with zero attached hydrogens (tertiary/aromatic N) is 1. The summed E-state index contributed by atoms with van der Waals surface area (Å²) in [6, 6.07) is 9.19. The van der Waals surface area contributed by atoms with Crippen molar-refractivity contribution in [3.63, 3.8) is 0 Å². The molecule has 0 unspecified atom stereocenters. The second-order valence-corrected chi connectivity index (χ2v) is 8.44. The summed E-state index contributed by atoms with van der Waals surface area (Å²) in [4.78, 5) is 0. The fourth-order valence-corrected chi connectivity index (χ4v) is 5.21. The van der Waals surface area contributed by atoms with Gasteiger partial charge in [0.1, 0.15) is 5.82 Å². The van der Waals surface area contributed by atoms with E-state index in [0.717, 1.165) is 24.2 Å². The molecule has 1 nitrogen and oxygen atoms in total. The zero-order valence-corrected chi connectivity index (χ0v) is 16.3. The largest absolute Gasteiger partial charge is 0.207 e. The van der Waals surface area contributed by atoms with Gasteiger partial charge in [-0.1, -0.05) is 43.2 Å². The number of hydrogen-bond acceptors (Lipinski definition) is 1. The van der Waals surface area contributed by atoms with Crippen molar-refractivity contribution < 1.29 is 4.39 Å². The van der Waals surface area contributed by atoms with Gasteiger partial charge in [0.2, 0.25) is 0 Å². The number of hydrogen-bond donors (Lipinski definition) is 0. The van der Waals surface area contributed by atoms with Crippen LogP contribution in [-0.2, 0) is 0 Å². The highest BCUT2D eigenvalue weighted by Gasteiger charge is 2.31. The van der Waals surface area contributed by atoms with Crippen LogP contribution in [0.5, 0.6) is 0 Å². The molecule has 2 heteroatoms. The van der Waals surface area contributed by atoms with Crippen molar-refractivity contribution in [1.29, 1.82) is 5.26 Å².